The van der Waals surface area contributed by atoms with E-state index < -0.39 is 10.0 Å². The zero-order chi connectivity index (χ0) is 12.3. The van der Waals surface area contributed by atoms with Gasteiger partial charge in [-0.1, -0.05) is 36.4 Å². The Morgan fingerprint density at radius 1 is 1.56 bits per heavy atom. The van der Waals surface area contributed by atoms with E-state index in [1.54, 1.807) is 7.05 Å². The van der Waals surface area contributed by atoms with Gasteiger partial charge in [-0.25, -0.2) is 13.1 Å². The van der Waals surface area contributed by atoms with Gasteiger partial charge in [-0.15, -0.1) is 0 Å². The fourth-order valence-electron chi connectivity index (χ4n) is 1.23. The van der Waals surface area contributed by atoms with E-state index in [0.29, 0.717) is 0 Å². The summed E-state index contributed by atoms with van der Waals surface area (Å²) in [7, 11) is -1.84. The fourth-order valence-corrected chi connectivity index (χ4v) is 4.28. The van der Waals surface area contributed by atoms with Gasteiger partial charge >= 0.3 is 0 Å². The predicted octanol–water partition coefficient (Wildman–Crippen LogP) is 1.16. The van der Waals surface area contributed by atoms with Gasteiger partial charge in [-0.05, 0) is 12.0 Å². The highest BCUT2D eigenvalue weighted by Crippen LogP contribution is 2.11. The van der Waals surface area contributed by atoms with Gasteiger partial charge < -0.3 is 0 Å². The second-order valence-corrected chi connectivity index (χ2v) is 6.46. The van der Waals surface area contributed by atoms with Crippen LogP contribution in [0.15, 0.2) is 17.3 Å². The van der Waals surface area contributed by atoms with Crippen molar-refractivity contribution in [3.8, 4) is 0 Å². The first-order chi connectivity index (χ1) is 7.38. The molecule has 5 nitrogen and oxygen atoms in total. The lowest BCUT2D eigenvalue weighted by molar-refractivity contribution is 0.481. The molecule has 0 aliphatic heterocycles. The van der Waals surface area contributed by atoms with Crippen molar-refractivity contribution < 1.29 is 8.42 Å². The van der Waals surface area contributed by atoms with Gasteiger partial charge in [0, 0.05) is 17.5 Å². The molecule has 0 spiro atoms. The molecule has 0 aromatic carbocycles. The number of hydrogen-bond donors (Lipinski definition) is 1. The minimum absolute atomic E-state index is 0.0551. The standard InChI is InChI=1S/C9H16IN3O2S/c1-7(2)8(6-10)12-16(14,15)9-4-5-11-13(9)3/h4-5,7-8,12H,6H2,1-3H3. The Balaban J connectivity index is 2.92. The summed E-state index contributed by atoms with van der Waals surface area (Å²) in [5, 5.41) is 4.05. The van der Waals surface area contributed by atoms with Crippen molar-refractivity contribution in [2.45, 2.75) is 24.9 Å². The van der Waals surface area contributed by atoms with Crippen LogP contribution in [0.3, 0.4) is 0 Å². The topological polar surface area (TPSA) is 64.0 Å². The third-order valence-corrected chi connectivity index (χ3v) is 4.84. The maximum absolute atomic E-state index is 12.0. The minimum Gasteiger partial charge on any atom is -0.256 e. The Kier molecular flexibility index (Phi) is 4.74. The molecule has 1 rings (SSSR count). The molecule has 0 radical (unpaired) electrons. The van der Waals surface area contributed by atoms with E-state index in [0.717, 1.165) is 4.43 Å². The van der Waals surface area contributed by atoms with Crippen LogP contribution >= 0.6 is 22.6 Å². The first-order valence-electron chi connectivity index (χ1n) is 4.94. The molecule has 0 saturated carbocycles. The van der Waals surface area contributed by atoms with Crippen LogP contribution in [0.4, 0.5) is 0 Å². The zero-order valence-corrected chi connectivity index (χ0v) is 12.5. The maximum Gasteiger partial charge on any atom is 0.257 e. The molecular weight excluding hydrogens is 341 g/mol. The molecule has 0 aliphatic carbocycles. The lowest BCUT2D eigenvalue weighted by Crippen LogP contribution is -2.40. The van der Waals surface area contributed by atoms with Gasteiger partial charge in [-0.2, -0.15) is 5.10 Å². The average molecular weight is 357 g/mol. The fraction of sp³-hybridized carbons (Fsp3) is 0.667. The lowest BCUT2D eigenvalue weighted by Gasteiger charge is -2.19. The molecule has 1 atom stereocenters. The number of halogens is 1. The molecule has 0 fully saturated rings. The third-order valence-electron chi connectivity index (χ3n) is 2.33. The van der Waals surface area contributed by atoms with E-state index in [4.69, 9.17) is 0 Å². The van der Waals surface area contributed by atoms with E-state index in [-0.39, 0.29) is 17.0 Å². The number of aromatic nitrogens is 2. The van der Waals surface area contributed by atoms with Crippen molar-refractivity contribution in [3.63, 3.8) is 0 Å². The molecule has 7 heteroatoms. The molecule has 1 unspecified atom stereocenters. The number of nitrogens with one attached hydrogen (secondary N) is 1. The first-order valence-corrected chi connectivity index (χ1v) is 7.95. The number of alkyl halides is 1. The molecule has 1 N–H and O–H groups in total. The summed E-state index contributed by atoms with van der Waals surface area (Å²) < 4.78 is 28.8. The normalized spacial score (nSPS) is 14.3. The molecule has 1 heterocycles. The van der Waals surface area contributed by atoms with Gasteiger partial charge in [-0.3, -0.25) is 4.68 Å². The first kappa shape index (κ1) is 13.9. The van der Waals surface area contributed by atoms with Crippen LogP contribution < -0.4 is 4.72 Å². The molecule has 0 aliphatic rings. The average Bonchev–Trinajstić information content (AvgIpc) is 2.61. The van der Waals surface area contributed by atoms with Crippen LogP contribution in [0.1, 0.15) is 13.8 Å². The SMILES string of the molecule is CC(C)C(CI)NS(=O)(=O)c1ccnn1C. The van der Waals surface area contributed by atoms with Crippen LogP contribution in [0, 0.1) is 5.92 Å². The summed E-state index contributed by atoms with van der Waals surface area (Å²) in [5.41, 5.74) is 0. The summed E-state index contributed by atoms with van der Waals surface area (Å²) in [6.07, 6.45) is 1.48. The van der Waals surface area contributed by atoms with Crippen molar-refractivity contribution in [2.24, 2.45) is 13.0 Å². The Labute approximate surface area is 110 Å². The van der Waals surface area contributed by atoms with E-state index in [2.05, 4.69) is 32.4 Å². The third kappa shape index (κ3) is 3.17. The van der Waals surface area contributed by atoms with E-state index in [1.165, 1.54) is 16.9 Å². The van der Waals surface area contributed by atoms with Crippen LogP contribution in [0.2, 0.25) is 0 Å². The number of aryl methyl sites for hydroxylation is 1. The Morgan fingerprint density at radius 2 is 2.19 bits per heavy atom. The Bertz CT molecular complexity index is 441. The van der Waals surface area contributed by atoms with Crippen LogP contribution in [-0.4, -0.2) is 28.7 Å². The van der Waals surface area contributed by atoms with Crippen LogP contribution in [-0.2, 0) is 17.1 Å². The summed E-state index contributed by atoms with van der Waals surface area (Å²) in [4.78, 5) is 0. The summed E-state index contributed by atoms with van der Waals surface area (Å²) >= 11 is 2.18. The van der Waals surface area contributed by atoms with E-state index in [9.17, 15) is 8.42 Å². The summed E-state index contributed by atoms with van der Waals surface area (Å²) in [5.74, 6) is 0.264. The monoisotopic (exact) mass is 357 g/mol. The molecule has 0 bridgehead atoms. The molecule has 1 aromatic rings. The Morgan fingerprint density at radius 3 is 2.56 bits per heavy atom. The van der Waals surface area contributed by atoms with Gasteiger partial charge in [0.25, 0.3) is 10.0 Å². The highest BCUT2D eigenvalue weighted by molar-refractivity contribution is 14.1. The smallest absolute Gasteiger partial charge is 0.256 e. The zero-order valence-electron chi connectivity index (χ0n) is 9.51. The quantitative estimate of drug-likeness (QED) is 0.635. The molecule has 0 amide bonds. The van der Waals surface area contributed by atoms with Gasteiger partial charge in [0.1, 0.15) is 0 Å². The van der Waals surface area contributed by atoms with Crippen LogP contribution in [0.25, 0.3) is 0 Å². The molecular formula is C9H16IN3O2S. The summed E-state index contributed by atoms with van der Waals surface area (Å²) in [6, 6.07) is 1.44. The highest BCUT2D eigenvalue weighted by Gasteiger charge is 2.23. The van der Waals surface area contributed by atoms with E-state index in [1.807, 2.05) is 13.8 Å². The van der Waals surface area contributed by atoms with Crippen molar-refractivity contribution in [2.75, 3.05) is 4.43 Å². The van der Waals surface area contributed by atoms with Crippen molar-refractivity contribution in [1.29, 1.82) is 0 Å². The molecule has 0 saturated heterocycles. The molecule has 16 heavy (non-hydrogen) atoms. The lowest BCUT2D eigenvalue weighted by atomic mass is 10.1. The van der Waals surface area contributed by atoms with Crippen molar-refractivity contribution in [1.82, 2.24) is 14.5 Å². The number of rotatable bonds is 5. The minimum atomic E-state index is -3.46. The van der Waals surface area contributed by atoms with Crippen molar-refractivity contribution >= 4 is 32.6 Å². The largest absolute Gasteiger partial charge is 0.257 e. The predicted molar refractivity (Wildman–Crippen MR) is 71.0 cm³/mol. The summed E-state index contributed by atoms with van der Waals surface area (Å²) in [6.45, 7) is 3.99. The second kappa shape index (κ2) is 5.46. The second-order valence-electron chi connectivity index (χ2n) is 3.92. The van der Waals surface area contributed by atoms with Crippen LogP contribution in [0.5, 0.6) is 0 Å². The van der Waals surface area contributed by atoms with E-state index >= 15 is 0 Å². The molecule has 92 valence electrons. The molecule has 1 aromatic heterocycles. The maximum atomic E-state index is 12.0. The van der Waals surface area contributed by atoms with Gasteiger partial charge in [0.15, 0.2) is 5.03 Å². The number of nitrogens with zero attached hydrogens (tertiary/aromatic N) is 2. The number of hydrogen-bond acceptors (Lipinski definition) is 3. The van der Waals surface area contributed by atoms with Gasteiger partial charge in [0.2, 0.25) is 0 Å². The highest BCUT2D eigenvalue weighted by atomic mass is 127. The van der Waals surface area contributed by atoms with Crippen molar-refractivity contribution in [3.05, 3.63) is 12.3 Å². The number of sulfonamides is 1. The van der Waals surface area contributed by atoms with Gasteiger partial charge in [0.05, 0.1) is 6.20 Å². The Hall–Kier alpha value is -0.150.